The van der Waals surface area contributed by atoms with E-state index in [4.69, 9.17) is 34.4 Å². The average Bonchev–Trinajstić information content (AvgIpc) is 3.21. The Morgan fingerprint density at radius 2 is 1.74 bits per heavy atom. The number of halogens is 2. The van der Waals surface area contributed by atoms with Gasteiger partial charge in [-0.2, -0.15) is 0 Å². The summed E-state index contributed by atoms with van der Waals surface area (Å²) in [5.74, 6) is 2.45. The van der Waals surface area contributed by atoms with Crippen LogP contribution in [-0.2, 0) is 15.0 Å². The topological polar surface area (TPSA) is 67.4 Å². The van der Waals surface area contributed by atoms with Crippen molar-refractivity contribution in [3.8, 4) is 18.1 Å². The maximum Gasteiger partial charge on any atom is 0.238 e. The van der Waals surface area contributed by atoms with E-state index >= 15 is 0 Å². The second kappa shape index (κ2) is 10.3. The molecule has 1 saturated heterocycles. The van der Waals surface area contributed by atoms with Gasteiger partial charge in [-0.05, 0) is 79.3 Å². The number of carbonyl (C=O) groups is 2. The van der Waals surface area contributed by atoms with Gasteiger partial charge < -0.3 is 15.4 Å². The lowest BCUT2D eigenvalue weighted by molar-refractivity contribution is -0.131. The summed E-state index contributed by atoms with van der Waals surface area (Å²) in [4.78, 5) is 27.7. The number of carbonyl (C=O) groups excluding carboxylic acids is 2. The number of hydrogen-bond acceptors (Lipinski definition) is 3. The molecule has 3 atom stereocenters. The molecular formula is C32H28Cl2N2O3. The predicted octanol–water partition coefficient (Wildman–Crippen LogP) is 6.92. The molecule has 2 N–H and O–H groups in total. The molecular weight excluding hydrogens is 531 g/mol. The summed E-state index contributed by atoms with van der Waals surface area (Å²) in [5, 5.41) is 7.30. The highest BCUT2D eigenvalue weighted by atomic mass is 35.5. The van der Waals surface area contributed by atoms with E-state index in [0.29, 0.717) is 32.6 Å². The van der Waals surface area contributed by atoms with Crippen molar-refractivity contribution in [1.29, 1.82) is 0 Å². The minimum absolute atomic E-state index is 0.0663. The van der Waals surface area contributed by atoms with Gasteiger partial charge in [-0.15, -0.1) is 6.42 Å². The second-order valence-electron chi connectivity index (χ2n) is 10.6. The first-order valence-corrected chi connectivity index (χ1v) is 14.1. The van der Waals surface area contributed by atoms with E-state index in [2.05, 4.69) is 16.6 Å². The number of anilines is 1. The monoisotopic (exact) mass is 558 g/mol. The van der Waals surface area contributed by atoms with Crippen LogP contribution in [0, 0.1) is 12.3 Å². The maximum absolute atomic E-state index is 14.3. The van der Waals surface area contributed by atoms with Gasteiger partial charge in [0.2, 0.25) is 11.8 Å². The summed E-state index contributed by atoms with van der Waals surface area (Å²) in [6, 6.07) is 17.6. The van der Waals surface area contributed by atoms with Crippen molar-refractivity contribution in [3.05, 3.63) is 93.0 Å². The molecule has 1 spiro atoms. The third kappa shape index (κ3) is 4.46. The molecule has 2 fully saturated rings. The Morgan fingerprint density at radius 1 is 0.949 bits per heavy atom. The molecule has 6 rings (SSSR count). The molecule has 0 bridgehead atoms. The molecule has 7 heteroatoms. The van der Waals surface area contributed by atoms with E-state index in [-0.39, 0.29) is 24.3 Å². The summed E-state index contributed by atoms with van der Waals surface area (Å²) < 4.78 is 6.59. The van der Waals surface area contributed by atoms with Crippen molar-refractivity contribution in [1.82, 2.24) is 5.32 Å². The molecule has 3 aromatic rings. The minimum Gasteiger partial charge on any atom is -0.490 e. The Hall–Kier alpha value is -3.46. The molecule has 39 heavy (non-hydrogen) atoms. The first-order valence-electron chi connectivity index (χ1n) is 13.3. The third-order valence-electron chi connectivity index (χ3n) is 8.34. The molecule has 198 valence electrons. The van der Waals surface area contributed by atoms with Gasteiger partial charge in [-0.25, -0.2) is 0 Å². The standard InChI is InChI=1S/C32H28Cl2N2O3/c1-2-19-11-14-28(39-23-9-4-3-5-10-23)24(15-19)30-32(25-13-12-22(34)17-27(25)35-31(32)38)26(18-29(37)36-30)20-7-6-8-21(33)16-20/h1,6-8,11-17,23,26,30H,3-5,9-10,18H2,(H,35,38)(H,36,37). The van der Waals surface area contributed by atoms with E-state index in [0.717, 1.165) is 36.8 Å². The Labute approximate surface area is 238 Å². The highest BCUT2D eigenvalue weighted by Crippen LogP contribution is 2.58. The smallest absolute Gasteiger partial charge is 0.238 e. The van der Waals surface area contributed by atoms with Gasteiger partial charge in [-0.1, -0.05) is 53.7 Å². The largest absolute Gasteiger partial charge is 0.490 e. The van der Waals surface area contributed by atoms with Crippen molar-refractivity contribution < 1.29 is 14.3 Å². The number of benzene rings is 3. The van der Waals surface area contributed by atoms with Gasteiger partial charge in [0.25, 0.3) is 0 Å². The zero-order valence-electron chi connectivity index (χ0n) is 21.3. The Kier molecular flexibility index (Phi) is 6.79. The van der Waals surface area contributed by atoms with Crippen molar-refractivity contribution in [2.75, 3.05) is 5.32 Å². The molecule has 0 aromatic heterocycles. The number of hydrogen-bond donors (Lipinski definition) is 2. The number of rotatable bonds is 4. The molecule has 2 aliphatic heterocycles. The molecule has 3 aromatic carbocycles. The normalized spacial score (nSPS) is 24.5. The zero-order valence-corrected chi connectivity index (χ0v) is 22.8. The predicted molar refractivity (Wildman–Crippen MR) is 153 cm³/mol. The summed E-state index contributed by atoms with van der Waals surface area (Å²) in [6.45, 7) is 0. The first kappa shape index (κ1) is 25.8. The van der Waals surface area contributed by atoms with Crippen LogP contribution in [0.5, 0.6) is 5.75 Å². The fourth-order valence-electron chi connectivity index (χ4n) is 6.60. The quantitative estimate of drug-likeness (QED) is 0.341. The van der Waals surface area contributed by atoms with E-state index in [1.54, 1.807) is 18.2 Å². The fourth-order valence-corrected chi connectivity index (χ4v) is 6.97. The molecule has 2 heterocycles. The summed E-state index contributed by atoms with van der Waals surface area (Å²) in [7, 11) is 0. The van der Waals surface area contributed by atoms with Gasteiger partial charge in [-0.3, -0.25) is 9.59 Å². The Balaban J connectivity index is 1.59. The number of piperidine rings is 1. The summed E-state index contributed by atoms with van der Waals surface area (Å²) >= 11 is 12.8. The van der Waals surface area contributed by atoms with Crippen LogP contribution < -0.4 is 15.4 Å². The second-order valence-corrected chi connectivity index (χ2v) is 11.5. The van der Waals surface area contributed by atoms with E-state index < -0.39 is 17.4 Å². The highest BCUT2D eigenvalue weighted by Gasteiger charge is 2.61. The maximum atomic E-state index is 14.3. The van der Waals surface area contributed by atoms with Gasteiger partial charge >= 0.3 is 0 Å². The first-order chi connectivity index (χ1) is 18.9. The molecule has 1 aliphatic carbocycles. The molecule has 1 saturated carbocycles. The van der Waals surface area contributed by atoms with Gasteiger partial charge in [0, 0.05) is 39.2 Å². The van der Waals surface area contributed by atoms with Crippen molar-refractivity contribution in [3.63, 3.8) is 0 Å². The molecule has 3 aliphatic rings. The number of nitrogens with one attached hydrogen (secondary N) is 2. The molecule has 2 amide bonds. The summed E-state index contributed by atoms with van der Waals surface area (Å²) in [5.41, 5.74) is 2.34. The molecule has 0 radical (unpaired) electrons. The lowest BCUT2D eigenvalue weighted by Crippen LogP contribution is -2.57. The van der Waals surface area contributed by atoms with Crippen molar-refractivity contribution in [2.45, 2.75) is 62.0 Å². The lowest BCUT2D eigenvalue weighted by Gasteiger charge is -2.46. The summed E-state index contributed by atoms with van der Waals surface area (Å²) in [6.07, 6.45) is 11.4. The van der Waals surface area contributed by atoms with Crippen LogP contribution in [0.4, 0.5) is 5.69 Å². The van der Waals surface area contributed by atoms with E-state index in [9.17, 15) is 9.59 Å². The Bertz CT molecular complexity index is 1510. The fraction of sp³-hybridized carbons (Fsp3) is 0.312. The number of ether oxygens (including phenoxy) is 1. The van der Waals surface area contributed by atoms with Gasteiger partial charge in [0.1, 0.15) is 11.2 Å². The molecule has 3 unspecified atom stereocenters. The number of fused-ring (bicyclic) bond motifs is 2. The Morgan fingerprint density at radius 3 is 2.51 bits per heavy atom. The number of terminal acetylenes is 1. The van der Waals surface area contributed by atoms with Gasteiger partial charge in [0.05, 0.1) is 12.1 Å². The average molecular weight is 559 g/mol. The van der Waals surface area contributed by atoms with Crippen molar-refractivity contribution >= 4 is 40.7 Å². The third-order valence-corrected chi connectivity index (χ3v) is 8.81. The number of amides is 2. The van der Waals surface area contributed by atoms with Crippen LogP contribution in [-0.4, -0.2) is 17.9 Å². The lowest BCUT2D eigenvalue weighted by atomic mass is 9.59. The van der Waals surface area contributed by atoms with Crippen LogP contribution in [0.1, 0.15) is 72.7 Å². The van der Waals surface area contributed by atoms with Crippen LogP contribution in [0.3, 0.4) is 0 Å². The van der Waals surface area contributed by atoms with Crippen LogP contribution in [0.2, 0.25) is 10.0 Å². The van der Waals surface area contributed by atoms with Gasteiger partial charge in [0.15, 0.2) is 0 Å². The molecule has 5 nitrogen and oxygen atoms in total. The van der Waals surface area contributed by atoms with Crippen molar-refractivity contribution in [2.24, 2.45) is 0 Å². The minimum atomic E-state index is -1.20. The van der Waals surface area contributed by atoms with Crippen LogP contribution >= 0.6 is 23.2 Å². The van der Waals surface area contributed by atoms with Crippen LogP contribution in [0.25, 0.3) is 0 Å². The van der Waals surface area contributed by atoms with E-state index in [1.807, 2.05) is 42.5 Å². The van der Waals surface area contributed by atoms with Crippen LogP contribution in [0.15, 0.2) is 60.7 Å². The highest BCUT2D eigenvalue weighted by molar-refractivity contribution is 6.31. The zero-order chi connectivity index (χ0) is 27.1. The van der Waals surface area contributed by atoms with E-state index in [1.165, 1.54) is 6.42 Å². The SMILES string of the molecule is C#Cc1ccc(OC2CCCCC2)c(C2NC(=O)CC(c3cccc(Cl)c3)C23C(=O)Nc2cc(Cl)ccc23)c1.